The molecule has 2 heterocycles. The smallest absolute Gasteiger partial charge is 0.310 e. The second-order valence-electron chi connectivity index (χ2n) is 5.81. The predicted molar refractivity (Wildman–Crippen MR) is 90.7 cm³/mol. The number of aromatic nitrogens is 2. The number of nitrogens with zero attached hydrogens (tertiary/aromatic N) is 3. The van der Waals surface area contributed by atoms with E-state index in [9.17, 15) is 14.4 Å². The van der Waals surface area contributed by atoms with Gasteiger partial charge < -0.3 is 15.5 Å². The molecule has 1 aliphatic heterocycles. The van der Waals surface area contributed by atoms with Crippen molar-refractivity contribution in [1.29, 1.82) is 0 Å². The topological polar surface area (TPSA) is 96.3 Å². The Kier molecular flexibility index (Phi) is 4.51. The van der Waals surface area contributed by atoms with Crippen LogP contribution >= 0.6 is 0 Å². The number of hydrogen-bond acceptors (Lipinski definition) is 4. The molecule has 1 aliphatic rings. The zero-order chi connectivity index (χ0) is 18.0. The molecule has 25 heavy (non-hydrogen) atoms. The van der Waals surface area contributed by atoms with Gasteiger partial charge >= 0.3 is 11.8 Å². The second kappa shape index (κ2) is 6.76. The van der Waals surface area contributed by atoms with Crippen LogP contribution < -0.4 is 15.5 Å². The Labute approximate surface area is 144 Å². The Morgan fingerprint density at radius 1 is 1.20 bits per heavy atom. The first-order chi connectivity index (χ1) is 12.0. The van der Waals surface area contributed by atoms with E-state index < -0.39 is 17.9 Å². The Balaban J connectivity index is 1.58. The van der Waals surface area contributed by atoms with Crippen molar-refractivity contribution in [3.63, 3.8) is 0 Å². The first-order valence-corrected chi connectivity index (χ1v) is 7.92. The van der Waals surface area contributed by atoms with Gasteiger partial charge in [0.1, 0.15) is 6.04 Å². The van der Waals surface area contributed by atoms with Crippen LogP contribution in [-0.2, 0) is 20.9 Å². The summed E-state index contributed by atoms with van der Waals surface area (Å²) in [6.45, 7) is 2.64. The van der Waals surface area contributed by atoms with E-state index in [1.165, 1.54) is 4.90 Å². The van der Waals surface area contributed by atoms with Crippen LogP contribution in [0.3, 0.4) is 0 Å². The lowest BCUT2D eigenvalue weighted by Gasteiger charge is -2.13. The van der Waals surface area contributed by atoms with Crippen molar-refractivity contribution in [2.75, 3.05) is 18.5 Å². The molecule has 3 amide bonds. The van der Waals surface area contributed by atoms with Crippen LogP contribution in [0.5, 0.6) is 0 Å². The zero-order valence-electron chi connectivity index (χ0n) is 14.0. The molecule has 0 fully saturated rings. The number of nitrogens with one attached hydrogen (secondary N) is 2. The average Bonchev–Trinajstić information content (AvgIpc) is 3.12. The van der Waals surface area contributed by atoms with Gasteiger partial charge in [-0.2, -0.15) is 5.10 Å². The first kappa shape index (κ1) is 16.7. The number of amides is 3. The largest absolute Gasteiger partial charge is 0.346 e. The molecule has 0 bridgehead atoms. The van der Waals surface area contributed by atoms with E-state index in [0.717, 1.165) is 11.4 Å². The van der Waals surface area contributed by atoms with Gasteiger partial charge in [-0.25, -0.2) is 0 Å². The van der Waals surface area contributed by atoms with Gasteiger partial charge in [-0.05, 0) is 19.1 Å². The summed E-state index contributed by atoms with van der Waals surface area (Å²) in [6, 6.07) is 8.18. The number of carbonyl (C=O) groups excluding carboxylic acids is 3. The standard InChI is InChI=1S/C17H19N5O3/c1-11-7-8-19-22(11)10-9-18-15(23)16(24)20-14-12-5-3-4-6-13(12)21(2)17(14)25/h3-8,14H,9-10H2,1-2H3,(H,18,23)(H,20,24). The van der Waals surface area contributed by atoms with Crippen LogP contribution in [0.25, 0.3) is 0 Å². The molecule has 130 valence electrons. The number of para-hydroxylation sites is 1. The number of benzene rings is 1. The molecule has 8 nitrogen and oxygen atoms in total. The molecule has 1 aromatic carbocycles. The van der Waals surface area contributed by atoms with Gasteiger partial charge in [-0.15, -0.1) is 0 Å². The van der Waals surface area contributed by atoms with Gasteiger partial charge in [0.25, 0.3) is 5.91 Å². The number of carbonyl (C=O) groups is 3. The number of rotatable bonds is 4. The molecule has 3 rings (SSSR count). The van der Waals surface area contributed by atoms with Gasteiger partial charge in [0.05, 0.1) is 6.54 Å². The lowest BCUT2D eigenvalue weighted by atomic mass is 10.1. The van der Waals surface area contributed by atoms with E-state index in [1.807, 2.05) is 19.1 Å². The highest BCUT2D eigenvalue weighted by molar-refractivity contribution is 6.35. The number of likely N-dealkylation sites (N-methyl/N-ethyl adjacent to an activating group) is 1. The minimum atomic E-state index is -0.840. The maximum atomic E-state index is 12.3. The Morgan fingerprint density at radius 3 is 2.68 bits per heavy atom. The lowest BCUT2D eigenvalue weighted by molar-refractivity contribution is -0.140. The highest BCUT2D eigenvalue weighted by atomic mass is 16.2. The van der Waals surface area contributed by atoms with Crippen molar-refractivity contribution >= 4 is 23.4 Å². The van der Waals surface area contributed by atoms with Crippen molar-refractivity contribution in [2.24, 2.45) is 0 Å². The summed E-state index contributed by atoms with van der Waals surface area (Å²) in [7, 11) is 1.64. The van der Waals surface area contributed by atoms with Crippen molar-refractivity contribution in [1.82, 2.24) is 20.4 Å². The van der Waals surface area contributed by atoms with Gasteiger partial charge in [0, 0.05) is 36.7 Å². The molecule has 0 spiro atoms. The normalized spacial score (nSPS) is 15.8. The minimum Gasteiger partial charge on any atom is -0.346 e. The fourth-order valence-corrected chi connectivity index (χ4v) is 2.81. The van der Waals surface area contributed by atoms with Crippen molar-refractivity contribution in [3.05, 3.63) is 47.8 Å². The highest BCUT2D eigenvalue weighted by Crippen LogP contribution is 2.34. The maximum Gasteiger partial charge on any atom is 0.310 e. The molecule has 1 unspecified atom stereocenters. The Bertz CT molecular complexity index is 829. The summed E-state index contributed by atoms with van der Waals surface area (Å²) in [5.41, 5.74) is 2.38. The quantitative estimate of drug-likeness (QED) is 0.773. The van der Waals surface area contributed by atoms with Gasteiger partial charge in [-0.3, -0.25) is 19.1 Å². The molecular weight excluding hydrogens is 322 g/mol. The van der Waals surface area contributed by atoms with E-state index >= 15 is 0 Å². The summed E-state index contributed by atoms with van der Waals surface area (Å²) in [5.74, 6) is -1.88. The van der Waals surface area contributed by atoms with E-state index in [-0.39, 0.29) is 12.5 Å². The lowest BCUT2D eigenvalue weighted by Crippen LogP contribution is -2.44. The molecule has 8 heteroatoms. The van der Waals surface area contributed by atoms with Crippen LogP contribution in [0.15, 0.2) is 36.5 Å². The SMILES string of the molecule is Cc1ccnn1CCNC(=O)C(=O)NC1C(=O)N(C)c2ccccc21. The van der Waals surface area contributed by atoms with Gasteiger partial charge in [0.15, 0.2) is 0 Å². The number of fused-ring (bicyclic) bond motifs is 1. The third-order valence-corrected chi connectivity index (χ3v) is 4.21. The van der Waals surface area contributed by atoms with E-state index in [0.29, 0.717) is 12.1 Å². The van der Waals surface area contributed by atoms with Crippen molar-refractivity contribution < 1.29 is 14.4 Å². The van der Waals surface area contributed by atoms with Crippen LogP contribution in [0, 0.1) is 6.92 Å². The van der Waals surface area contributed by atoms with Crippen molar-refractivity contribution in [3.8, 4) is 0 Å². The molecule has 1 aromatic heterocycles. The minimum absolute atomic E-state index is 0.268. The third-order valence-electron chi connectivity index (χ3n) is 4.21. The summed E-state index contributed by atoms with van der Waals surface area (Å²) >= 11 is 0. The maximum absolute atomic E-state index is 12.3. The fourth-order valence-electron chi connectivity index (χ4n) is 2.81. The summed E-state index contributed by atoms with van der Waals surface area (Å²) in [6.07, 6.45) is 1.67. The van der Waals surface area contributed by atoms with Gasteiger partial charge in [-0.1, -0.05) is 18.2 Å². The second-order valence-corrected chi connectivity index (χ2v) is 5.81. The van der Waals surface area contributed by atoms with E-state index in [2.05, 4.69) is 15.7 Å². The Morgan fingerprint density at radius 2 is 1.96 bits per heavy atom. The predicted octanol–water partition coefficient (Wildman–Crippen LogP) is 0.142. The molecule has 0 radical (unpaired) electrons. The zero-order valence-corrected chi connectivity index (χ0v) is 14.0. The molecule has 0 saturated carbocycles. The van der Waals surface area contributed by atoms with Crippen molar-refractivity contribution in [2.45, 2.75) is 19.5 Å². The van der Waals surface area contributed by atoms with Crippen LogP contribution in [-0.4, -0.2) is 41.1 Å². The molecule has 2 aromatic rings. The molecule has 1 atom stereocenters. The van der Waals surface area contributed by atoms with Crippen LogP contribution in [0.1, 0.15) is 17.3 Å². The molecule has 0 aliphatic carbocycles. The third kappa shape index (κ3) is 3.23. The summed E-state index contributed by atoms with van der Waals surface area (Å²) in [5, 5.41) is 9.14. The van der Waals surface area contributed by atoms with Gasteiger partial charge in [0.2, 0.25) is 0 Å². The Hall–Kier alpha value is -3.16. The summed E-state index contributed by atoms with van der Waals surface area (Å²) < 4.78 is 1.73. The summed E-state index contributed by atoms with van der Waals surface area (Å²) in [4.78, 5) is 37.8. The first-order valence-electron chi connectivity index (χ1n) is 7.92. The van der Waals surface area contributed by atoms with E-state index in [4.69, 9.17) is 0 Å². The molecule has 2 N–H and O–H groups in total. The van der Waals surface area contributed by atoms with E-state index in [1.54, 1.807) is 36.1 Å². The average molecular weight is 341 g/mol. The fraction of sp³-hybridized carbons (Fsp3) is 0.294. The number of hydrogen-bond donors (Lipinski definition) is 2. The monoisotopic (exact) mass is 341 g/mol. The molecular formula is C17H19N5O3. The highest BCUT2D eigenvalue weighted by Gasteiger charge is 2.36. The number of aryl methyl sites for hydroxylation is 1. The van der Waals surface area contributed by atoms with Crippen LogP contribution in [0.4, 0.5) is 5.69 Å². The number of anilines is 1. The van der Waals surface area contributed by atoms with Crippen LogP contribution in [0.2, 0.25) is 0 Å². The molecule has 0 saturated heterocycles.